The van der Waals surface area contributed by atoms with Crippen LogP contribution in [0, 0.1) is 0 Å². The van der Waals surface area contributed by atoms with E-state index in [1.165, 1.54) is 0 Å². The number of carbonyl (C=O) groups excluding carboxylic acids is 2. The third kappa shape index (κ3) is 4.48. The maximum absolute atomic E-state index is 14.1. The van der Waals surface area contributed by atoms with Crippen LogP contribution < -0.4 is 11.3 Å². The van der Waals surface area contributed by atoms with Gasteiger partial charge in [0.2, 0.25) is 23.0 Å². The lowest BCUT2D eigenvalue weighted by molar-refractivity contribution is -0.279. The minimum atomic E-state index is -2.31. The van der Waals surface area contributed by atoms with Crippen LogP contribution in [0.2, 0.25) is 0 Å². The number of phenolic OH excluding ortho intramolecular Hbond substituents is 10. The van der Waals surface area contributed by atoms with Crippen molar-refractivity contribution in [1.82, 2.24) is 0 Å². The van der Waals surface area contributed by atoms with E-state index in [0.29, 0.717) is 12.1 Å². The fourth-order valence-electron chi connectivity index (χ4n) is 7.15. The van der Waals surface area contributed by atoms with Crippen LogP contribution in [0.1, 0.15) is 27.1 Å². The third-order valence-corrected chi connectivity index (χ3v) is 9.67. The van der Waals surface area contributed by atoms with Crippen molar-refractivity contribution in [3.8, 4) is 79.7 Å². The zero-order chi connectivity index (χ0) is 39.8. The van der Waals surface area contributed by atoms with Gasteiger partial charge in [-0.3, -0.25) is 4.79 Å². The first-order chi connectivity index (χ1) is 25.9. The predicted molar refractivity (Wildman–Crippen MR) is 176 cm³/mol. The molecule has 1 fully saturated rings. The molecule has 6 aromatic rings. The Hall–Kier alpha value is -7.20. The fraction of sp³-hybridized carbons (Fsp3) is 0.176. The Morgan fingerprint density at radius 2 is 0.945 bits per heavy atom. The quantitative estimate of drug-likeness (QED) is 0.0431. The Balaban J connectivity index is 1.65. The molecule has 21 nitrogen and oxygen atoms in total. The molecular weight excluding hydrogens is 744 g/mol. The molecule has 8 rings (SSSR count). The highest BCUT2D eigenvalue weighted by Gasteiger charge is 2.48. The normalized spacial score (nSPS) is 21.4. The lowest BCUT2D eigenvalue weighted by Gasteiger charge is -2.40. The van der Waals surface area contributed by atoms with Gasteiger partial charge in [0.05, 0.1) is 16.3 Å². The summed E-state index contributed by atoms with van der Waals surface area (Å²) in [6.45, 7) is 0. The van der Waals surface area contributed by atoms with Gasteiger partial charge in [-0.15, -0.1) is 0 Å². The number of aliphatic hydroxyl groups is 3. The molecule has 2 aliphatic heterocycles. The summed E-state index contributed by atoms with van der Waals surface area (Å²) in [6, 6.07) is 0.956. The highest BCUT2D eigenvalue weighted by Crippen LogP contribution is 2.58. The lowest BCUT2D eigenvalue weighted by atomic mass is 9.85. The zero-order valence-electron chi connectivity index (χ0n) is 26.8. The summed E-state index contributed by atoms with van der Waals surface area (Å²) in [5.74, 6) is -16.7. The van der Waals surface area contributed by atoms with Crippen molar-refractivity contribution in [3.05, 3.63) is 44.1 Å². The van der Waals surface area contributed by atoms with E-state index in [1.807, 2.05) is 0 Å². The van der Waals surface area contributed by atoms with Crippen LogP contribution >= 0.6 is 0 Å². The molecule has 2 aliphatic rings. The first kappa shape index (κ1) is 34.9. The molecule has 4 aromatic carbocycles. The molecule has 13 N–H and O–H groups in total. The number of Topliss-reactive ketones (excluding diaryl/α,β-unsaturated/α-hetero) is 1. The van der Waals surface area contributed by atoms with E-state index in [4.69, 9.17) is 18.3 Å². The highest BCUT2D eigenvalue weighted by molar-refractivity contribution is 6.29. The van der Waals surface area contributed by atoms with Gasteiger partial charge in [-0.05, 0) is 12.1 Å². The Bertz CT molecular complexity index is 2850. The van der Waals surface area contributed by atoms with E-state index in [-0.39, 0.29) is 0 Å². The van der Waals surface area contributed by atoms with Crippen molar-refractivity contribution >= 4 is 44.5 Å². The van der Waals surface area contributed by atoms with E-state index in [9.17, 15) is 85.6 Å². The van der Waals surface area contributed by atoms with Gasteiger partial charge in [0.15, 0.2) is 63.8 Å². The van der Waals surface area contributed by atoms with Crippen molar-refractivity contribution in [1.29, 1.82) is 0 Å². The van der Waals surface area contributed by atoms with Crippen LogP contribution in [0.15, 0.2) is 30.6 Å². The third-order valence-electron chi connectivity index (χ3n) is 9.67. The van der Waals surface area contributed by atoms with E-state index in [1.54, 1.807) is 0 Å². The van der Waals surface area contributed by atoms with Crippen molar-refractivity contribution in [2.24, 2.45) is 0 Å². The summed E-state index contributed by atoms with van der Waals surface area (Å²) in [5, 5.41) is 138. The maximum Gasteiger partial charge on any atom is 0.345 e. The average Bonchev–Trinajstić information content (AvgIpc) is 3.13. The van der Waals surface area contributed by atoms with Crippen LogP contribution in [0.3, 0.4) is 0 Å². The number of hydrogen-bond acceptors (Lipinski definition) is 21. The number of ether oxygens (including phenoxy) is 2. The van der Waals surface area contributed by atoms with Crippen LogP contribution in [0.5, 0.6) is 57.5 Å². The van der Waals surface area contributed by atoms with Crippen LogP contribution in [-0.2, 0) is 9.47 Å². The van der Waals surface area contributed by atoms with Gasteiger partial charge in [-0.2, -0.15) is 0 Å². The number of fused-ring (bicyclic) bond motifs is 5. The second-order valence-electron chi connectivity index (χ2n) is 12.7. The fourth-order valence-corrected chi connectivity index (χ4v) is 7.15. The minimum Gasteiger partial charge on any atom is -0.504 e. The summed E-state index contributed by atoms with van der Waals surface area (Å²) in [4.78, 5) is 55.8. The van der Waals surface area contributed by atoms with Crippen molar-refractivity contribution in [2.45, 2.75) is 37.1 Å². The number of aliphatic hydroxyl groups excluding tert-OH is 3. The summed E-state index contributed by atoms with van der Waals surface area (Å²) in [6.07, 6.45) is -12.2. The van der Waals surface area contributed by atoms with Crippen molar-refractivity contribution in [3.63, 3.8) is 0 Å². The highest BCUT2D eigenvalue weighted by atomic mass is 16.7. The molecule has 0 amide bonds. The number of phenols is 10. The van der Waals surface area contributed by atoms with Gasteiger partial charge < -0.3 is 84.7 Å². The number of hydrogen-bond donors (Lipinski definition) is 13. The first-order valence-electron chi connectivity index (χ1n) is 15.6. The molecule has 0 radical (unpaired) electrons. The van der Waals surface area contributed by atoms with Gasteiger partial charge in [-0.25, -0.2) is 14.4 Å². The molecule has 2 aromatic heterocycles. The SMILES string of the molecule is O=C1CC2O[C@H](O)C(O)C(O)C2OC(=O)c2cc(O)c(O)c(O)c2-c2c(O)c(O)c3oc(=O)c4c(c(O)c(O)c5oc(=O)c2c3c54)-c2c1cc(O)c(O)c2O. The number of ketones is 1. The van der Waals surface area contributed by atoms with E-state index in [0.717, 1.165) is 0 Å². The number of esters is 1. The van der Waals surface area contributed by atoms with Crippen LogP contribution in [0.4, 0.5) is 0 Å². The van der Waals surface area contributed by atoms with Crippen LogP contribution in [-0.4, -0.2) is 109 Å². The largest absolute Gasteiger partial charge is 0.504 e. The van der Waals surface area contributed by atoms with Gasteiger partial charge in [-0.1, -0.05) is 0 Å². The van der Waals surface area contributed by atoms with Gasteiger partial charge in [0, 0.05) is 45.0 Å². The maximum atomic E-state index is 14.1. The van der Waals surface area contributed by atoms with E-state index < -0.39 is 184 Å². The Kier molecular flexibility index (Phi) is 7.23. The Labute approximate surface area is 299 Å². The molecule has 0 spiro atoms. The van der Waals surface area contributed by atoms with Gasteiger partial charge >= 0.3 is 17.2 Å². The average molecular weight is 767 g/mol. The topological polar surface area (TPSA) is 376 Å². The summed E-state index contributed by atoms with van der Waals surface area (Å²) in [7, 11) is 0. The molecule has 284 valence electrons. The lowest BCUT2D eigenvalue weighted by Crippen LogP contribution is -2.59. The Morgan fingerprint density at radius 3 is 1.44 bits per heavy atom. The molecule has 1 saturated heterocycles. The second kappa shape index (κ2) is 11.4. The van der Waals surface area contributed by atoms with Crippen molar-refractivity contribution < 1.29 is 94.3 Å². The number of rotatable bonds is 0. The summed E-state index contributed by atoms with van der Waals surface area (Å²) < 4.78 is 21.2. The Morgan fingerprint density at radius 1 is 0.509 bits per heavy atom. The zero-order valence-corrected chi connectivity index (χ0v) is 26.8. The van der Waals surface area contributed by atoms with Crippen LogP contribution in [0.25, 0.3) is 55.0 Å². The van der Waals surface area contributed by atoms with E-state index >= 15 is 0 Å². The second-order valence-corrected chi connectivity index (χ2v) is 12.7. The molecule has 0 aliphatic carbocycles. The van der Waals surface area contributed by atoms with Crippen molar-refractivity contribution in [2.75, 3.05) is 0 Å². The standard InChI is InChI=1S/C34H22O21/c35-6-3-9-28(26(46)27(47)34(51)52-9)53-31(48)5-2-8(37)19(39)21(41)11(5)13-17-15-14-16(32(49)54-30(15)25(45)23(13)43)12(22(42)24(44)29(14)55-33(17)50)10-4(6)1-7(36)18(38)20(10)40/h1-2,9,26-28,34,36-47,51H,3H2/t9?,26?,27?,28?,34-/m0/s1. The minimum absolute atomic E-state index is 0.434. The number of benzene rings is 4. The van der Waals surface area contributed by atoms with Gasteiger partial charge in [0.25, 0.3) is 0 Å². The van der Waals surface area contributed by atoms with E-state index in [2.05, 4.69) is 0 Å². The molecule has 55 heavy (non-hydrogen) atoms. The molecule has 4 unspecified atom stereocenters. The summed E-state index contributed by atoms with van der Waals surface area (Å²) >= 11 is 0. The molecule has 4 heterocycles. The van der Waals surface area contributed by atoms with Gasteiger partial charge in [0.1, 0.15) is 18.3 Å². The molecule has 6 bridgehead atoms. The molecule has 0 saturated carbocycles. The first-order valence-corrected chi connectivity index (χ1v) is 15.6. The number of aromatic hydroxyl groups is 10. The number of carbonyl (C=O) groups is 2. The molecule has 5 atom stereocenters. The smallest absolute Gasteiger partial charge is 0.345 e. The summed E-state index contributed by atoms with van der Waals surface area (Å²) in [5.41, 5.74) is -11.5. The predicted octanol–water partition coefficient (Wildman–Crippen LogP) is 0.431. The molecular formula is C34H22O21. The monoisotopic (exact) mass is 766 g/mol. The molecule has 21 heteroatoms.